The van der Waals surface area contributed by atoms with Crippen LogP contribution in [0.2, 0.25) is 0 Å². The number of para-hydroxylation sites is 1. The molecular formula is C12H14BrN5O. The number of nitrogen functional groups attached to an aromatic ring is 1. The minimum absolute atomic E-state index is 0.356. The van der Waals surface area contributed by atoms with Crippen molar-refractivity contribution in [2.75, 3.05) is 23.9 Å². The molecule has 0 bridgehead atoms. The number of nitrogens with one attached hydrogen (secondary N) is 2. The Labute approximate surface area is 119 Å². The van der Waals surface area contributed by atoms with Crippen LogP contribution in [0.15, 0.2) is 41.0 Å². The average molecular weight is 324 g/mol. The Morgan fingerprint density at radius 2 is 2.05 bits per heavy atom. The summed E-state index contributed by atoms with van der Waals surface area (Å²) in [4.78, 5) is 8.14. The lowest BCUT2D eigenvalue weighted by Gasteiger charge is -2.09. The van der Waals surface area contributed by atoms with E-state index in [0.717, 1.165) is 10.2 Å². The highest BCUT2D eigenvalue weighted by molar-refractivity contribution is 9.10. The van der Waals surface area contributed by atoms with Crippen molar-refractivity contribution < 1.29 is 4.74 Å². The zero-order valence-electron chi connectivity index (χ0n) is 10.1. The lowest BCUT2D eigenvalue weighted by molar-refractivity contribution is 0.332. The Morgan fingerprint density at radius 1 is 1.26 bits per heavy atom. The predicted octanol–water partition coefficient (Wildman–Crippen LogP) is 2.02. The number of aromatic nitrogens is 2. The molecule has 0 saturated heterocycles. The highest BCUT2D eigenvalue weighted by Crippen LogP contribution is 2.19. The van der Waals surface area contributed by atoms with Gasteiger partial charge in [0.1, 0.15) is 18.2 Å². The number of nitrogens with zero attached hydrogens (tertiary/aromatic N) is 2. The van der Waals surface area contributed by atoms with Gasteiger partial charge in [-0.15, -0.1) is 0 Å². The van der Waals surface area contributed by atoms with Gasteiger partial charge in [-0.05, 0) is 28.1 Å². The molecule has 0 amide bonds. The molecule has 0 spiro atoms. The van der Waals surface area contributed by atoms with Gasteiger partial charge in [0.2, 0.25) is 5.95 Å². The Kier molecular flexibility index (Phi) is 4.93. The number of hydrogen-bond donors (Lipinski definition) is 3. The summed E-state index contributed by atoms with van der Waals surface area (Å²) in [7, 11) is 0. The number of halogens is 1. The minimum atomic E-state index is 0.356. The van der Waals surface area contributed by atoms with Crippen molar-refractivity contribution in [2.45, 2.75) is 0 Å². The first kappa shape index (κ1) is 13.6. The van der Waals surface area contributed by atoms with E-state index >= 15 is 0 Å². The fourth-order valence-electron chi connectivity index (χ4n) is 1.42. The van der Waals surface area contributed by atoms with Gasteiger partial charge in [0.25, 0.3) is 0 Å². The van der Waals surface area contributed by atoms with E-state index < -0.39 is 0 Å². The molecule has 6 nitrogen and oxygen atoms in total. The Bertz CT molecular complexity index is 523. The molecule has 0 radical (unpaired) electrons. The van der Waals surface area contributed by atoms with Gasteiger partial charge in [-0.3, -0.25) is 5.43 Å². The average Bonchev–Trinajstić information content (AvgIpc) is 2.46. The molecule has 1 aromatic carbocycles. The molecular weight excluding hydrogens is 310 g/mol. The van der Waals surface area contributed by atoms with Crippen LogP contribution < -0.4 is 21.3 Å². The summed E-state index contributed by atoms with van der Waals surface area (Å²) in [6.07, 6.45) is 1.63. The highest BCUT2D eigenvalue weighted by Gasteiger charge is 2.03. The van der Waals surface area contributed by atoms with Gasteiger partial charge < -0.3 is 10.1 Å². The predicted molar refractivity (Wildman–Crippen MR) is 78.0 cm³/mol. The summed E-state index contributed by atoms with van der Waals surface area (Å²) in [5, 5.41) is 3.14. The second-order valence-corrected chi connectivity index (χ2v) is 4.48. The van der Waals surface area contributed by atoms with Crippen LogP contribution in [-0.2, 0) is 0 Å². The van der Waals surface area contributed by atoms with Crippen molar-refractivity contribution in [3.63, 3.8) is 0 Å². The van der Waals surface area contributed by atoms with Crippen molar-refractivity contribution in [3.8, 4) is 5.75 Å². The lowest BCUT2D eigenvalue weighted by atomic mass is 10.3. The van der Waals surface area contributed by atoms with Crippen molar-refractivity contribution in [1.82, 2.24) is 9.97 Å². The van der Waals surface area contributed by atoms with E-state index in [0.29, 0.717) is 24.9 Å². The van der Waals surface area contributed by atoms with Crippen LogP contribution in [0, 0.1) is 0 Å². The lowest BCUT2D eigenvalue weighted by Crippen LogP contribution is -2.15. The zero-order chi connectivity index (χ0) is 13.5. The van der Waals surface area contributed by atoms with Gasteiger partial charge in [0.15, 0.2) is 0 Å². The van der Waals surface area contributed by atoms with Crippen molar-refractivity contribution in [1.29, 1.82) is 0 Å². The largest absolute Gasteiger partial charge is 0.492 e. The third kappa shape index (κ3) is 4.08. The molecule has 0 aliphatic heterocycles. The van der Waals surface area contributed by atoms with Crippen LogP contribution in [0.5, 0.6) is 5.75 Å². The van der Waals surface area contributed by atoms with Gasteiger partial charge in [-0.1, -0.05) is 18.2 Å². The first-order valence-electron chi connectivity index (χ1n) is 5.70. The molecule has 1 aromatic heterocycles. The van der Waals surface area contributed by atoms with E-state index in [2.05, 4.69) is 36.6 Å². The first-order chi connectivity index (χ1) is 9.29. The molecule has 0 aliphatic carbocycles. The van der Waals surface area contributed by atoms with Crippen molar-refractivity contribution >= 4 is 27.7 Å². The molecule has 0 atom stereocenters. The van der Waals surface area contributed by atoms with Gasteiger partial charge in [-0.2, -0.15) is 4.98 Å². The van der Waals surface area contributed by atoms with Crippen molar-refractivity contribution in [3.05, 3.63) is 41.0 Å². The molecule has 1 heterocycles. The van der Waals surface area contributed by atoms with Crippen LogP contribution in [-0.4, -0.2) is 23.1 Å². The summed E-state index contributed by atoms with van der Waals surface area (Å²) in [5.74, 6) is 7.12. The molecule has 4 N–H and O–H groups in total. The number of rotatable bonds is 6. The highest BCUT2D eigenvalue weighted by atomic mass is 79.9. The standard InChI is InChI=1S/C12H14BrN5O/c13-10-8-16-12(18-14)17-11(10)15-6-7-19-9-4-2-1-3-5-9/h1-5,8H,6-7,14H2,(H2,15,16,17,18). The second-order valence-electron chi connectivity index (χ2n) is 3.62. The van der Waals surface area contributed by atoms with Crippen LogP contribution in [0.25, 0.3) is 0 Å². The summed E-state index contributed by atoms with van der Waals surface area (Å²) >= 11 is 3.36. The van der Waals surface area contributed by atoms with Gasteiger partial charge in [-0.25, -0.2) is 10.8 Å². The first-order valence-corrected chi connectivity index (χ1v) is 6.50. The van der Waals surface area contributed by atoms with Crippen molar-refractivity contribution in [2.24, 2.45) is 5.84 Å². The summed E-state index contributed by atoms with van der Waals surface area (Å²) in [6.45, 7) is 1.15. The zero-order valence-corrected chi connectivity index (χ0v) is 11.7. The summed E-state index contributed by atoms with van der Waals surface area (Å²) in [5.41, 5.74) is 2.40. The molecule has 100 valence electrons. The number of nitrogens with two attached hydrogens (primary N) is 1. The van der Waals surface area contributed by atoms with Crippen LogP contribution in [0.3, 0.4) is 0 Å². The molecule has 2 aromatic rings. The monoisotopic (exact) mass is 323 g/mol. The van der Waals surface area contributed by atoms with E-state index in [4.69, 9.17) is 10.6 Å². The third-order valence-corrected chi connectivity index (χ3v) is 2.86. The van der Waals surface area contributed by atoms with Crippen LogP contribution in [0.4, 0.5) is 11.8 Å². The van der Waals surface area contributed by atoms with Crippen LogP contribution in [0.1, 0.15) is 0 Å². The van der Waals surface area contributed by atoms with Gasteiger partial charge in [0.05, 0.1) is 11.0 Å². The Morgan fingerprint density at radius 3 is 2.79 bits per heavy atom. The van der Waals surface area contributed by atoms with E-state index in [1.165, 1.54) is 0 Å². The third-order valence-electron chi connectivity index (χ3n) is 2.28. The molecule has 0 aliphatic rings. The van der Waals surface area contributed by atoms with E-state index in [9.17, 15) is 0 Å². The number of benzene rings is 1. The Hall–Kier alpha value is -1.86. The Balaban J connectivity index is 1.82. The smallest absolute Gasteiger partial charge is 0.239 e. The normalized spacial score (nSPS) is 10.0. The van der Waals surface area contributed by atoms with E-state index in [1.54, 1.807) is 6.20 Å². The maximum absolute atomic E-state index is 5.56. The van der Waals surface area contributed by atoms with Gasteiger partial charge >= 0.3 is 0 Å². The van der Waals surface area contributed by atoms with E-state index in [-0.39, 0.29) is 0 Å². The molecule has 7 heteroatoms. The van der Waals surface area contributed by atoms with Gasteiger partial charge in [0, 0.05) is 6.20 Å². The quantitative estimate of drug-likeness (QED) is 0.428. The maximum Gasteiger partial charge on any atom is 0.239 e. The minimum Gasteiger partial charge on any atom is -0.492 e. The van der Waals surface area contributed by atoms with Crippen LogP contribution >= 0.6 is 15.9 Å². The fourth-order valence-corrected chi connectivity index (χ4v) is 1.75. The molecule has 19 heavy (non-hydrogen) atoms. The molecule has 0 saturated carbocycles. The molecule has 0 fully saturated rings. The number of hydrazine groups is 1. The number of anilines is 2. The second kappa shape index (κ2) is 6.91. The fraction of sp³-hybridized carbons (Fsp3) is 0.167. The topological polar surface area (TPSA) is 85.1 Å². The molecule has 0 unspecified atom stereocenters. The number of ether oxygens (including phenoxy) is 1. The number of hydrogen-bond acceptors (Lipinski definition) is 6. The SMILES string of the molecule is NNc1ncc(Br)c(NCCOc2ccccc2)n1. The summed E-state index contributed by atoms with van der Waals surface area (Å²) in [6, 6.07) is 9.64. The molecule has 2 rings (SSSR count). The maximum atomic E-state index is 5.56. The summed E-state index contributed by atoms with van der Waals surface area (Å²) < 4.78 is 6.33. The van der Waals surface area contributed by atoms with E-state index in [1.807, 2.05) is 30.3 Å².